The quantitative estimate of drug-likeness (QED) is 0.730. The molecule has 0 aliphatic rings. The van der Waals surface area contributed by atoms with Crippen LogP contribution in [0.1, 0.15) is 26.6 Å². The van der Waals surface area contributed by atoms with Crippen LogP contribution in [0.4, 0.5) is 5.69 Å². The standard InChI is InChI=1S/C17H13ClN2O4/c1-9-19-13-6-4-10(8-15(13)24-9)16(21)20-14-7-11(17(22)23-2)3-5-12(14)18/h3-8H,1-2H3,(H,20,21). The van der Waals surface area contributed by atoms with Crippen LogP contribution in [-0.2, 0) is 4.74 Å². The normalized spacial score (nSPS) is 10.6. The van der Waals surface area contributed by atoms with E-state index < -0.39 is 5.97 Å². The molecule has 0 saturated carbocycles. The molecule has 0 spiro atoms. The number of hydrogen-bond acceptors (Lipinski definition) is 5. The number of aryl methyl sites for hydroxylation is 1. The Morgan fingerprint density at radius 1 is 1.17 bits per heavy atom. The first-order valence-corrected chi connectivity index (χ1v) is 7.42. The van der Waals surface area contributed by atoms with E-state index in [0.717, 1.165) is 0 Å². The van der Waals surface area contributed by atoms with Gasteiger partial charge in [0.25, 0.3) is 5.91 Å². The number of oxazole rings is 1. The van der Waals surface area contributed by atoms with Crippen LogP contribution in [0.5, 0.6) is 0 Å². The van der Waals surface area contributed by atoms with Crippen LogP contribution < -0.4 is 5.32 Å². The van der Waals surface area contributed by atoms with Gasteiger partial charge in [-0.05, 0) is 36.4 Å². The lowest BCUT2D eigenvalue weighted by Crippen LogP contribution is -2.13. The van der Waals surface area contributed by atoms with Crippen LogP contribution >= 0.6 is 11.6 Å². The number of nitrogens with one attached hydrogen (secondary N) is 1. The van der Waals surface area contributed by atoms with E-state index in [-0.39, 0.29) is 5.91 Å². The van der Waals surface area contributed by atoms with E-state index in [2.05, 4.69) is 15.0 Å². The van der Waals surface area contributed by atoms with Crippen LogP contribution in [0.25, 0.3) is 11.1 Å². The minimum atomic E-state index is -0.513. The number of carbonyl (C=O) groups excluding carboxylic acids is 2. The van der Waals surface area contributed by atoms with Crippen LogP contribution in [0.3, 0.4) is 0 Å². The Morgan fingerprint density at radius 2 is 1.92 bits per heavy atom. The Bertz CT molecular complexity index is 949. The smallest absolute Gasteiger partial charge is 0.337 e. The van der Waals surface area contributed by atoms with Gasteiger partial charge in [-0.15, -0.1) is 0 Å². The van der Waals surface area contributed by atoms with Crippen LogP contribution in [-0.4, -0.2) is 24.0 Å². The molecule has 0 bridgehead atoms. The number of anilines is 1. The molecule has 2 aromatic carbocycles. The fraction of sp³-hybridized carbons (Fsp3) is 0.118. The zero-order chi connectivity index (χ0) is 17.3. The molecule has 6 nitrogen and oxygen atoms in total. The summed E-state index contributed by atoms with van der Waals surface area (Å²) in [7, 11) is 1.28. The first-order chi connectivity index (χ1) is 11.5. The summed E-state index contributed by atoms with van der Waals surface area (Å²) in [5.41, 5.74) is 2.19. The summed E-state index contributed by atoms with van der Waals surface area (Å²) in [6.07, 6.45) is 0. The maximum atomic E-state index is 12.4. The predicted molar refractivity (Wildman–Crippen MR) is 89.5 cm³/mol. The SMILES string of the molecule is COC(=O)c1ccc(Cl)c(NC(=O)c2ccc3nc(C)oc3c2)c1. The van der Waals surface area contributed by atoms with E-state index in [1.807, 2.05) is 0 Å². The summed E-state index contributed by atoms with van der Waals surface area (Å²) >= 11 is 6.08. The highest BCUT2D eigenvalue weighted by Gasteiger charge is 2.14. The summed E-state index contributed by atoms with van der Waals surface area (Å²) in [6.45, 7) is 1.73. The highest BCUT2D eigenvalue weighted by molar-refractivity contribution is 6.34. The van der Waals surface area contributed by atoms with E-state index >= 15 is 0 Å². The van der Waals surface area contributed by atoms with Crippen LogP contribution in [0.15, 0.2) is 40.8 Å². The minimum Gasteiger partial charge on any atom is -0.465 e. The molecule has 122 valence electrons. The number of halogens is 1. The minimum absolute atomic E-state index is 0.290. The van der Waals surface area contributed by atoms with Crippen molar-refractivity contribution in [1.29, 1.82) is 0 Å². The molecule has 1 amide bonds. The molecule has 0 fully saturated rings. The average molecular weight is 345 g/mol. The van der Waals surface area contributed by atoms with Gasteiger partial charge in [0, 0.05) is 12.5 Å². The third kappa shape index (κ3) is 3.09. The Kier molecular flexibility index (Phi) is 4.22. The lowest BCUT2D eigenvalue weighted by molar-refractivity contribution is 0.0600. The second-order valence-electron chi connectivity index (χ2n) is 5.06. The van der Waals surface area contributed by atoms with Crippen LogP contribution in [0.2, 0.25) is 5.02 Å². The molecule has 1 aromatic heterocycles. The van der Waals surface area contributed by atoms with Crippen molar-refractivity contribution in [1.82, 2.24) is 4.98 Å². The maximum absolute atomic E-state index is 12.4. The molecule has 0 unspecified atom stereocenters. The number of amides is 1. The number of benzene rings is 2. The zero-order valence-corrected chi connectivity index (χ0v) is 13.7. The summed E-state index contributed by atoms with van der Waals surface area (Å²) in [5.74, 6) is -0.369. The van der Waals surface area contributed by atoms with Crippen molar-refractivity contribution in [3.8, 4) is 0 Å². The van der Waals surface area contributed by atoms with Gasteiger partial charge < -0.3 is 14.5 Å². The number of rotatable bonds is 3. The number of ether oxygens (including phenoxy) is 1. The first kappa shape index (κ1) is 16.0. The maximum Gasteiger partial charge on any atom is 0.337 e. The molecule has 1 N–H and O–H groups in total. The Hall–Kier alpha value is -2.86. The van der Waals surface area contributed by atoms with Crippen molar-refractivity contribution in [3.63, 3.8) is 0 Å². The third-order valence-corrected chi connectivity index (χ3v) is 3.72. The molecule has 3 rings (SSSR count). The molecule has 0 saturated heterocycles. The van der Waals surface area contributed by atoms with Crippen molar-refractivity contribution in [2.24, 2.45) is 0 Å². The molecular weight excluding hydrogens is 332 g/mol. The molecular formula is C17H13ClN2O4. The highest BCUT2D eigenvalue weighted by atomic mass is 35.5. The summed E-state index contributed by atoms with van der Waals surface area (Å²) in [6, 6.07) is 9.44. The van der Waals surface area contributed by atoms with Gasteiger partial charge in [-0.1, -0.05) is 11.6 Å². The van der Waals surface area contributed by atoms with Crippen molar-refractivity contribution < 1.29 is 18.7 Å². The zero-order valence-electron chi connectivity index (χ0n) is 12.9. The van der Waals surface area contributed by atoms with Gasteiger partial charge in [0.2, 0.25) is 0 Å². The third-order valence-electron chi connectivity index (χ3n) is 3.39. The number of nitrogens with zero attached hydrogens (tertiary/aromatic N) is 1. The molecule has 0 radical (unpaired) electrons. The fourth-order valence-corrected chi connectivity index (χ4v) is 2.41. The molecule has 1 heterocycles. The Labute approximate surface area is 142 Å². The van der Waals surface area contributed by atoms with E-state index in [1.165, 1.54) is 25.3 Å². The summed E-state index contributed by atoms with van der Waals surface area (Å²) < 4.78 is 10.1. The lowest BCUT2D eigenvalue weighted by Gasteiger charge is -2.09. The molecule has 0 aliphatic carbocycles. The van der Waals surface area contributed by atoms with Gasteiger partial charge in [-0.25, -0.2) is 9.78 Å². The number of methoxy groups -OCH3 is 1. The number of hydrogen-bond donors (Lipinski definition) is 1. The molecule has 24 heavy (non-hydrogen) atoms. The average Bonchev–Trinajstić information content (AvgIpc) is 2.95. The number of esters is 1. The lowest BCUT2D eigenvalue weighted by atomic mass is 10.1. The van der Waals surface area contributed by atoms with E-state index in [1.54, 1.807) is 25.1 Å². The summed E-state index contributed by atoms with van der Waals surface area (Å²) in [5, 5.41) is 2.99. The van der Waals surface area contributed by atoms with E-state index in [4.69, 9.17) is 16.0 Å². The van der Waals surface area contributed by atoms with E-state index in [0.29, 0.717) is 38.8 Å². The van der Waals surface area contributed by atoms with Crippen molar-refractivity contribution in [2.45, 2.75) is 6.92 Å². The first-order valence-electron chi connectivity index (χ1n) is 7.04. The monoisotopic (exact) mass is 344 g/mol. The fourth-order valence-electron chi connectivity index (χ4n) is 2.24. The Balaban J connectivity index is 1.89. The Morgan fingerprint density at radius 3 is 2.67 bits per heavy atom. The topological polar surface area (TPSA) is 81.4 Å². The summed E-state index contributed by atoms with van der Waals surface area (Å²) in [4.78, 5) is 28.2. The van der Waals surface area contributed by atoms with Crippen molar-refractivity contribution in [2.75, 3.05) is 12.4 Å². The van der Waals surface area contributed by atoms with Crippen molar-refractivity contribution in [3.05, 3.63) is 58.4 Å². The predicted octanol–water partition coefficient (Wildman–Crippen LogP) is 3.83. The highest BCUT2D eigenvalue weighted by Crippen LogP contribution is 2.25. The van der Waals surface area contributed by atoms with Gasteiger partial charge in [-0.3, -0.25) is 4.79 Å². The molecule has 0 atom stereocenters. The molecule has 0 aliphatic heterocycles. The number of carbonyl (C=O) groups is 2. The second-order valence-corrected chi connectivity index (χ2v) is 5.46. The van der Waals surface area contributed by atoms with Crippen LogP contribution in [0, 0.1) is 6.92 Å². The molecule has 3 aromatic rings. The van der Waals surface area contributed by atoms with Gasteiger partial charge in [0.05, 0.1) is 23.4 Å². The van der Waals surface area contributed by atoms with Gasteiger partial charge in [-0.2, -0.15) is 0 Å². The largest absolute Gasteiger partial charge is 0.465 e. The van der Waals surface area contributed by atoms with Gasteiger partial charge in [0.15, 0.2) is 11.5 Å². The number of aromatic nitrogens is 1. The number of fused-ring (bicyclic) bond motifs is 1. The van der Waals surface area contributed by atoms with Gasteiger partial charge in [0.1, 0.15) is 5.52 Å². The second kappa shape index (κ2) is 6.33. The molecule has 7 heteroatoms. The van der Waals surface area contributed by atoms with E-state index in [9.17, 15) is 9.59 Å². The van der Waals surface area contributed by atoms with Crippen molar-refractivity contribution >= 4 is 40.3 Å². The van der Waals surface area contributed by atoms with Gasteiger partial charge >= 0.3 is 5.97 Å².